The number of unbranched alkanes of at least 4 members (excludes halogenated alkanes) is 30. The number of carbonyl (C=O) groups is 3. The Morgan fingerprint density at radius 3 is 1.00 bits per heavy atom. The van der Waals surface area contributed by atoms with Crippen LogP contribution in [0.3, 0.4) is 0 Å². The highest BCUT2D eigenvalue weighted by molar-refractivity contribution is 5.71. The molecule has 0 saturated carbocycles. The standard InChI is InChI=1S/C59H102O6/c1-4-7-10-13-16-19-22-25-27-28-29-30-32-34-37-40-43-46-49-52-58(61)64-55-56(54-63-57(60)51-48-45-42-39-36-33-24-21-18-15-12-9-6-3)65-59(62)53-50-47-44-41-38-35-31-26-23-20-17-14-11-8-5-2/h9,12,15,17-18,20-21,23-24,26,33,36,56H,4-8,10-11,13-14,16,19,22,25,27-32,34-35,37-55H2,1-3H3/b12-9+,18-15+,20-17+,24-21+,26-23+,36-33+. The van der Waals surface area contributed by atoms with Crippen LogP contribution in [-0.4, -0.2) is 37.2 Å². The van der Waals surface area contributed by atoms with Crippen LogP contribution >= 0.6 is 0 Å². The molecule has 0 radical (unpaired) electrons. The predicted octanol–water partition coefficient (Wildman–Crippen LogP) is 18.2. The van der Waals surface area contributed by atoms with Crippen LogP contribution in [0.1, 0.15) is 265 Å². The van der Waals surface area contributed by atoms with Gasteiger partial charge in [-0.05, 0) is 64.2 Å². The molecule has 1 unspecified atom stereocenters. The lowest BCUT2D eigenvalue weighted by Crippen LogP contribution is -2.30. The quantitative estimate of drug-likeness (QED) is 0.0262. The molecule has 0 fully saturated rings. The van der Waals surface area contributed by atoms with Gasteiger partial charge in [0.1, 0.15) is 13.2 Å². The van der Waals surface area contributed by atoms with Crippen molar-refractivity contribution in [3.05, 3.63) is 72.9 Å². The molecule has 0 rings (SSSR count). The van der Waals surface area contributed by atoms with Gasteiger partial charge in [0.2, 0.25) is 0 Å². The lowest BCUT2D eigenvalue weighted by Gasteiger charge is -2.18. The molecular weight excluding hydrogens is 805 g/mol. The average molecular weight is 907 g/mol. The van der Waals surface area contributed by atoms with E-state index in [0.29, 0.717) is 19.3 Å². The van der Waals surface area contributed by atoms with E-state index < -0.39 is 6.10 Å². The Bertz CT molecular complexity index is 1230. The molecule has 0 spiro atoms. The van der Waals surface area contributed by atoms with Crippen molar-refractivity contribution < 1.29 is 28.6 Å². The van der Waals surface area contributed by atoms with E-state index in [0.717, 1.165) is 83.5 Å². The molecule has 0 aliphatic heterocycles. The fraction of sp³-hybridized carbons (Fsp3) is 0.746. The minimum atomic E-state index is -0.796. The van der Waals surface area contributed by atoms with E-state index >= 15 is 0 Å². The molecule has 0 heterocycles. The van der Waals surface area contributed by atoms with Crippen LogP contribution in [-0.2, 0) is 28.6 Å². The maximum Gasteiger partial charge on any atom is 0.306 e. The van der Waals surface area contributed by atoms with E-state index in [1.165, 1.54) is 141 Å². The van der Waals surface area contributed by atoms with Gasteiger partial charge in [0.25, 0.3) is 0 Å². The van der Waals surface area contributed by atoms with E-state index in [9.17, 15) is 14.4 Å². The van der Waals surface area contributed by atoms with Crippen LogP contribution < -0.4 is 0 Å². The van der Waals surface area contributed by atoms with Crippen molar-refractivity contribution in [3.63, 3.8) is 0 Å². The minimum Gasteiger partial charge on any atom is -0.462 e. The van der Waals surface area contributed by atoms with Crippen LogP contribution in [0.25, 0.3) is 0 Å². The van der Waals surface area contributed by atoms with Gasteiger partial charge in [0, 0.05) is 19.3 Å². The Labute approximate surface area is 402 Å². The monoisotopic (exact) mass is 907 g/mol. The fourth-order valence-electron chi connectivity index (χ4n) is 7.68. The first kappa shape index (κ1) is 61.9. The molecule has 6 heteroatoms. The number of allylic oxidation sites excluding steroid dienone is 12. The maximum absolute atomic E-state index is 12.8. The molecule has 0 saturated heterocycles. The number of hydrogen-bond acceptors (Lipinski definition) is 6. The molecule has 0 aromatic carbocycles. The number of rotatable bonds is 49. The van der Waals surface area contributed by atoms with Crippen molar-refractivity contribution >= 4 is 17.9 Å². The second-order valence-electron chi connectivity index (χ2n) is 18.2. The van der Waals surface area contributed by atoms with Crippen LogP contribution in [0.15, 0.2) is 72.9 Å². The normalized spacial score (nSPS) is 12.6. The van der Waals surface area contributed by atoms with Crippen molar-refractivity contribution in [1.29, 1.82) is 0 Å². The topological polar surface area (TPSA) is 78.9 Å². The van der Waals surface area contributed by atoms with Crippen molar-refractivity contribution in [2.45, 2.75) is 271 Å². The first-order valence-corrected chi connectivity index (χ1v) is 27.5. The second kappa shape index (κ2) is 53.5. The fourth-order valence-corrected chi connectivity index (χ4v) is 7.68. The molecule has 0 aromatic rings. The summed E-state index contributed by atoms with van der Waals surface area (Å²) in [5, 5.41) is 0. The number of ether oxygens (including phenoxy) is 3. The van der Waals surface area contributed by atoms with Gasteiger partial charge < -0.3 is 14.2 Å². The summed E-state index contributed by atoms with van der Waals surface area (Å²) in [5.41, 5.74) is 0. The van der Waals surface area contributed by atoms with Crippen LogP contribution in [0.2, 0.25) is 0 Å². The summed E-state index contributed by atoms with van der Waals surface area (Å²) in [6, 6.07) is 0. The van der Waals surface area contributed by atoms with Crippen LogP contribution in [0.5, 0.6) is 0 Å². The summed E-state index contributed by atoms with van der Waals surface area (Å²) in [4.78, 5) is 38.0. The lowest BCUT2D eigenvalue weighted by molar-refractivity contribution is -0.167. The van der Waals surface area contributed by atoms with E-state index in [1.54, 1.807) is 0 Å². The summed E-state index contributed by atoms with van der Waals surface area (Å²) in [6.07, 6.45) is 67.5. The molecule has 0 bridgehead atoms. The summed E-state index contributed by atoms with van der Waals surface area (Å²) < 4.78 is 16.8. The van der Waals surface area contributed by atoms with Crippen molar-refractivity contribution in [3.8, 4) is 0 Å². The third-order valence-electron chi connectivity index (χ3n) is 11.8. The molecule has 0 N–H and O–H groups in total. The van der Waals surface area contributed by atoms with Crippen molar-refractivity contribution in [2.75, 3.05) is 13.2 Å². The van der Waals surface area contributed by atoms with Gasteiger partial charge >= 0.3 is 17.9 Å². The van der Waals surface area contributed by atoms with Gasteiger partial charge in [-0.15, -0.1) is 0 Å². The van der Waals surface area contributed by atoms with Crippen molar-refractivity contribution in [2.24, 2.45) is 0 Å². The van der Waals surface area contributed by atoms with Crippen molar-refractivity contribution in [1.82, 2.24) is 0 Å². The van der Waals surface area contributed by atoms with E-state index in [1.807, 2.05) is 30.4 Å². The van der Waals surface area contributed by atoms with Crippen LogP contribution in [0.4, 0.5) is 0 Å². The highest BCUT2D eigenvalue weighted by Gasteiger charge is 2.19. The Hall–Kier alpha value is -3.15. The molecule has 6 nitrogen and oxygen atoms in total. The molecule has 0 aliphatic rings. The second-order valence-corrected chi connectivity index (χ2v) is 18.2. The molecule has 1 atom stereocenters. The van der Waals surface area contributed by atoms with Crippen LogP contribution in [0, 0.1) is 0 Å². The lowest BCUT2D eigenvalue weighted by atomic mass is 10.0. The average Bonchev–Trinajstić information content (AvgIpc) is 3.30. The van der Waals surface area contributed by atoms with Gasteiger partial charge in [-0.25, -0.2) is 0 Å². The number of hydrogen-bond donors (Lipinski definition) is 0. The van der Waals surface area contributed by atoms with E-state index in [4.69, 9.17) is 14.2 Å². The molecule has 65 heavy (non-hydrogen) atoms. The number of esters is 3. The first-order chi connectivity index (χ1) is 32.0. The molecular formula is C59H102O6. The molecule has 0 aromatic heterocycles. The third-order valence-corrected chi connectivity index (χ3v) is 11.8. The zero-order valence-electron chi connectivity index (χ0n) is 42.7. The SMILES string of the molecule is CC/C=C/C=C/C=C/C=C/CCCCCC(=O)OCC(COC(=O)CCCCCCCCCCCCCCCCCCCCC)OC(=O)CCCCCCCC/C=C/C=C/CCCCC. The maximum atomic E-state index is 12.8. The first-order valence-electron chi connectivity index (χ1n) is 27.5. The van der Waals surface area contributed by atoms with Gasteiger partial charge in [0.15, 0.2) is 6.10 Å². The van der Waals surface area contributed by atoms with E-state index in [2.05, 4.69) is 63.3 Å². The van der Waals surface area contributed by atoms with Gasteiger partial charge in [-0.1, -0.05) is 254 Å². The Balaban J connectivity index is 4.39. The summed E-state index contributed by atoms with van der Waals surface area (Å²) in [7, 11) is 0. The highest BCUT2D eigenvalue weighted by Crippen LogP contribution is 2.16. The molecule has 0 amide bonds. The highest BCUT2D eigenvalue weighted by atomic mass is 16.6. The molecule has 374 valence electrons. The number of carbonyl (C=O) groups excluding carboxylic acids is 3. The van der Waals surface area contributed by atoms with Gasteiger partial charge in [-0.2, -0.15) is 0 Å². The zero-order valence-corrected chi connectivity index (χ0v) is 42.7. The summed E-state index contributed by atoms with van der Waals surface area (Å²) in [5.74, 6) is -0.937. The Morgan fingerprint density at radius 2 is 0.600 bits per heavy atom. The van der Waals surface area contributed by atoms with Gasteiger partial charge in [0.05, 0.1) is 0 Å². The molecule has 0 aliphatic carbocycles. The van der Waals surface area contributed by atoms with Gasteiger partial charge in [-0.3, -0.25) is 14.4 Å². The third kappa shape index (κ3) is 51.7. The largest absolute Gasteiger partial charge is 0.462 e. The Kier molecular flexibility index (Phi) is 50.9. The summed E-state index contributed by atoms with van der Waals surface area (Å²) >= 11 is 0. The zero-order chi connectivity index (χ0) is 47.2. The van der Waals surface area contributed by atoms with E-state index in [-0.39, 0.29) is 31.1 Å². The summed E-state index contributed by atoms with van der Waals surface area (Å²) in [6.45, 7) is 6.44. The smallest absolute Gasteiger partial charge is 0.306 e. The predicted molar refractivity (Wildman–Crippen MR) is 279 cm³/mol. The minimum absolute atomic E-state index is 0.0912. The Morgan fingerprint density at radius 1 is 0.323 bits per heavy atom.